The summed E-state index contributed by atoms with van der Waals surface area (Å²) in [6.07, 6.45) is 0. The molecule has 3 rings (SSSR count). The number of carbonyl (C=O) groups excluding carboxylic acids is 2. The van der Waals surface area contributed by atoms with Crippen LogP contribution in [0, 0.1) is 6.92 Å². The molecular weight excluding hydrogens is 356 g/mol. The van der Waals surface area contributed by atoms with Gasteiger partial charge in [0.2, 0.25) is 0 Å². The first-order chi connectivity index (χ1) is 13.5. The summed E-state index contributed by atoms with van der Waals surface area (Å²) in [5.74, 6) is -0.301. The number of aliphatic hydroxyl groups is 1. The van der Waals surface area contributed by atoms with Crippen LogP contribution in [0.5, 0.6) is 0 Å². The molecule has 0 radical (unpaired) electrons. The Labute approximate surface area is 165 Å². The molecule has 1 N–H and O–H groups in total. The Morgan fingerprint density at radius 2 is 1.79 bits per heavy atom. The predicted molar refractivity (Wildman–Crippen MR) is 107 cm³/mol. The molecule has 0 saturated carbocycles. The van der Waals surface area contributed by atoms with Gasteiger partial charge >= 0.3 is 0 Å². The molecule has 28 heavy (non-hydrogen) atoms. The Bertz CT molecular complexity index is 881. The summed E-state index contributed by atoms with van der Waals surface area (Å²) in [7, 11) is 0. The molecule has 0 bridgehead atoms. The number of amides is 1. The zero-order chi connectivity index (χ0) is 20.3. The lowest BCUT2D eigenvalue weighted by Gasteiger charge is -2.26. The fourth-order valence-electron chi connectivity index (χ4n) is 3.55. The number of hydrogen-bond acceptors (Lipinski definition) is 5. The van der Waals surface area contributed by atoms with Crippen molar-refractivity contribution in [3.63, 3.8) is 0 Å². The van der Waals surface area contributed by atoms with Gasteiger partial charge in [0.1, 0.15) is 23.3 Å². The second-order valence-electron chi connectivity index (χ2n) is 6.83. The maximum atomic E-state index is 12.8. The van der Waals surface area contributed by atoms with Gasteiger partial charge in [0.25, 0.3) is 11.7 Å². The molecule has 1 amide bonds. The van der Waals surface area contributed by atoms with Crippen LogP contribution in [0.15, 0.2) is 52.5 Å². The van der Waals surface area contributed by atoms with Crippen molar-refractivity contribution in [1.29, 1.82) is 0 Å². The second kappa shape index (κ2) is 8.44. The first kappa shape index (κ1) is 19.9. The number of ketones is 1. The molecule has 1 aromatic carbocycles. The topological polar surface area (TPSA) is 74.0 Å². The summed E-state index contributed by atoms with van der Waals surface area (Å²) in [6, 6.07) is 11.6. The highest BCUT2D eigenvalue weighted by Gasteiger charge is 2.47. The minimum absolute atomic E-state index is 0.0742. The van der Waals surface area contributed by atoms with E-state index in [0.29, 0.717) is 30.2 Å². The van der Waals surface area contributed by atoms with E-state index in [4.69, 9.17) is 4.42 Å². The molecule has 2 heterocycles. The lowest BCUT2D eigenvalue weighted by atomic mass is 9.99. The van der Waals surface area contributed by atoms with E-state index >= 15 is 0 Å². The summed E-state index contributed by atoms with van der Waals surface area (Å²) in [5, 5.41) is 10.9. The van der Waals surface area contributed by atoms with E-state index in [1.54, 1.807) is 36.4 Å². The smallest absolute Gasteiger partial charge is 0.295 e. The normalized spacial score (nSPS) is 19.0. The number of aliphatic hydroxyl groups excluding tert-OH is 1. The lowest BCUT2D eigenvalue weighted by Crippen LogP contribution is -2.37. The molecule has 2 aromatic rings. The fraction of sp³-hybridized carbons (Fsp3) is 0.364. The third kappa shape index (κ3) is 3.73. The number of furan rings is 1. The van der Waals surface area contributed by atoms with Gasteiger partial charge in [0.05, 0.1) is 5.57 Å². The third-order valence-corrected chi connectivity index (χ3v) is 5.17. The standard InChI is InChI=1S/C22H26N2O4/c1-4-23(5-2)13-14-24-19(17-12-11-15(3)28-17)18(21(26)22(24)27)20(25)16-9-7-6-8-10-16/h6-12,19,25H,4-5,13-14H2,1-3H3/b20-18-. The Morgan fingerprint density at radius 3 is 2.36 bits per heavy atom. The van der Waals surface area contributed by atoms with Crippen molar-refractivity contribution in [2.24, 2.45) is 0 Å². The molecule has 1 saturated heterocycles. The van der Waals surface area contributed by atoms with Crippen LogP contribution in [0.3, 0.4) is 0 Å². The average Bonchev–Trinajstić information content (AvgIpc) is 3.24. The van der Waals surface area contributed by atoms with Crippen LogP contribution in [0.1, 0.15) is 37.0 Å². The number of likely N-dealkylation sites (tertiary alicyclic amines) is 1. The van der Waals surface area contributed by atoms with Gasteiger partial charge in [-0.1, -0.05) is 44.2 Å². The molecule has 1 unspecified atom stereocenters. The van der Waals surface area contributed by atoms with E-state index < -0.39 is 17.7 Å². The number of rotatable bonds is 7. The van der Waals surface area contributed by atoms with Gasteiger partial charge in [-0.3, -0.25) is 9.59 Å². The Hall–Kier alpha value is -2.86. The van der Waals surface area contributed by atoms with Gasteiger partial charge in [-0.05, 0) is 32.1 Å². The largest absolute Gasteiger partial charge is 0.507 e. The Kier molecular flexibility index (Phi) is 5.99. The molecule has 0 spiro atoms. The second-order valence-corrected chi connectivity index (χ2v) is 6.83. The van der Waals surface area contributed by atoms with Crippen LogP contribution in [-0.2, 0) is 9.59 Å². The highest BCUT2D eigenvalue weighted by Crippen LogP contribution is 2.39. The molecule has 1 aliphatic heterocycles. The van der Waals surface area contributed by atoms with Crippen LogP contribution >= 0.6 is 0 Å². The van der Waals surface area contributed by atoms with E-state index in [-0.39, 0.29) is 11.3 Å². The molecule has 6 nitrogen and oxygen atoms in total. The van der Waals surface area contributed by atoms with Crippen LogP contribution in [0.4, 0.5) is 0 Å². The van der Waals surface area contributed by atoms with Gasteiger partial charge in [-0.2, -0.15) is 0 Å². The molecule has 1 atom stereocenters. The number of benzene rings is 1. The van der Waals surface area contributed by atoms with E-state index in [9.17, 15) is 14.7 Å². The number of hydrogen-bond donors (Lipinski definition) is 1. The Balaban J connectivity index is 2.05. The van der Waals surface area contributed by atoms with Crippen LogP contribution in [-0.4, -0.2) is 52.8 Å². The quantitative estimate of drug-likeness (QED) is 0.452. The number of aryl methyl sites for hydroxylation is 1. The number of likely N-dealkylation sites (N-methyl/N-ethyl adjacent to an activating group) is 1. The number of nitrogens with zero attached hydrogens (tertiary/aromatic N) is 2. The summed E-state index contributed by atoms with van der Waals surface area (Å²) >= 11 is 0. The van der Waals surface area contributed by atoms with Gasteiger partial charge in [-0.15, -0.1) is 0 Å². The van der Waals surface area contributed by atoms with Gasteiger partial charge in [0.15, 0.2) is 0 Å². The minimum atomic E-state index is -0.732. The minimum Gasteiger partial charge on any atom is -0.507 e. The van der Waals surface area contributed by atoms with Gasteiger partial charge < -0.3 is 19.3 Å². The van der Waals surface area contributed by atoms with E-state index in [2.05, 4.69) is 18.7 Å². The van der Waals surface area contributed by atoms with E-state index in [1.165, 1.54) is 4.90 Å². The van der Waals surface area contributed by atoms with Crippen LogP contribution in [0.2, 0.25) is 0 Å². The molecule has 1 aromatic heterocycles. The zero-order valence-corrected chi connectivity index (χ0v) is 16.5. The Morgan fingerprint density at radius 1 is 1.11 bits per heavy atom. The average molecular weight is 382 g/mol. The molecule has 6 heteroatoms. The molecular formula is C22H26N2O4. The van der Waals surface area contributed by atoms with Gasteiger partial charge in [-0.25, -0.2) is 0 Å². The molecule has 148 valence electrons. The molecule has 1 fully saturated rings. The maximum Gasteiger partial charge on any atom is 0.295 e. The maximum absolute atomic E-state index is 12.8. The monoisotopic (exact) mass is 382 g/mol. The van der Waals surface area contributed by atoms with Crippen molar-refractivity contribution in [2.45, 2.75) is 26.8 Å². The summed E-state index contributed by atoms with van der Waals surface area (Å²) < 4.78 is 5.77. The van der Waals surface area contributed by atoms with Crippen molar-refractivity contribution in [3.05, 3.63) is 65.1 Å². The summed E-state index contributed by atoms with van der Waals surface area (Å²) in [4.78, 5) is 29.3. The summed E-state index contributed by atoms with van der Waals surface area (Å²) in [6.45, 7) is 8.65. The van der Waals surface area contributed by atoms with Crippen LogP contribution < -0.4 is 0 Å². The number of carbonyl (C=O) groups is 2. The predicted octanol–water partition coefficient (Wildman–Crippen LogP) is 3.35. The van der Waals surface area contributed by atoms with Crippen molar-refractivity contribution < 1.29 is 19.1 Å². The summed E-state index contributed by atoms with van der Waals surface area (Å²) in [5.41, 5.74) is 0.572. The zero-order valence-electron chi connectivity index (χ0n) is 16.5. The molecule has 1 aliphatic rings. The van der Waals surface area contributed by atoms with Crippen molar-refractivity contribution in [3.8, 4) is 0 Å². The highest BCUT2D eigenvalue weighted by atomic mass is 16.3. The van der Waals surface area contributed by atoms with E-state index in [0.717, 1.165) is 13.1 Å². The first-order valence-corrected chi connectivity index (χ1v) is 9.60. The molecule has 0 aliphatic carbocycles. The van der Waals surface area contributed by atoms with Gasteiger partial charge in [0, 0.05) is 18.7 Å². The van der Waals surface area contributed by atoms with Crippen molar-refractivity contribution in [2.75, 3.05) is 26.2 Å². The van der Waals surface area contributed by atoms with E-state index in [1.807, 2.05) is 13.0 Å². The van der Waals surface area contributed by atoms with Crippen molar-refractivity contribution >= 4 is 17.4 Å². The fourth-order valence-corrected chi connectivity index (χ4v) is 3.55. The first-order valence-electron chi connectivity index (χ1n) is 9.60. The van der Waals surface area contributed by atoms with Crippen molar-refractivity contribution in [1.82, 2.24) is 9.80 Å². The third-order valence-electron chi connectivity index (χ3n) is 5.17. The lowest BCUT2D eigenvalue weighted by molar-refractivity contribution is -0.140. The number of Topliss-reactive ketones (excluding diaryl/α,β-unsaturated/α-hetero) is 1. The SMILES string of the molecule is CCN(CC)CCN1C(=O)C(=O)/C(=C(\O)c2ccccc2)C1c1ccc(C)o1. The van der Waals surface area contributed by atoms with Crippen LogP contribution in [0.25, 0.3) is 5.76 Å². The highest BCUT2D eigenvalue weighted by molar-refractivity contribution is 6.46.